The van der Waals surface area contributed by atoms with E-state index >= 15 is 0 Å². The zero-order valence-corrected chi connectivity index (χ0v) is 12.5. The van der Waals surface area contributed by atoms with Gasteiger partial charge in [0.05, 0.1) is 5.02 Å². The standard InChI is InChI=1S/C15H18ClNO4/c1-3-4-9-14(18)17(2)12(15(19)20)10-21-13-8-6-5-7-11(13)16/h3,5-8,12H,1,4,9-10H2,2H3,(H,19,20). The summed E-state index contributed by atoms with van der Waals surface area (Å²) in [7, 11) is 1.44. The predicted octanol–water partition coefficient (Wildman–Crippen LogP) is 2.60. The maximum Gasteiger partial charge on any atom is 0.330 e. The van der Waals surface area contributed by atoms with Crippen molar-refractivity contribution in [2.45, 2.75) is 18.9 Å². The van der Waals surface area contributed by atoms with Crippen molar-refractivity contribution < 1.29 is 19.4 Å². The fourth-order valence-corrected chi connectivity index (χ4v) is 1.85. The van der Waals surface area contributed by atoms with Gasteiger partial charge in [0.25, 0.3) is 0 Å². The molecule has 21 heavy (non-hydrogen) atoms. The summed E-state index contributed by atoms with van der Waals surface area (Å²) in [5.41, 5.74) is 0. The van der Waals surface area contributed by atoms with Gasteiger partial charge in [0.1, 0.15) is 12.4 Å². The van der Waals surface area contributed by atoms with Crippen molar-refractivity contribution in [1.82, 2.24) is 4.90 Å². The molecule has 1 aromatic rings. The molecule has 1 amide bonds. The molecule has 0 aliphatic heterocycles. The molecule has 0 saturated carbocycles. The van der Waals surface area contributed by atoms with E-state index < -0.39 is 12.0 Å². The van der Waals surface area contributed by atoms with Crippen molar-refractivity contribution in [3.63, 3.8) is 0 Å². The highest BCUT2D eigenvalue weighted by atomic mass is 35.5. The third kappa shape index (κ3) is 5.11. The average Bonchev–Trinajstić information content (AvgIpc) is 2.46. The van der Waals surface area contributed by atoms with Crippen LogP contribution in [-0.4, -0.2) is 41.6 Å². The Morgan fingerprint density at radius 3 is 2.71 bits per heavy atom. The molecule has 1 N–H and O–H groups in total. The van der Waals surface area contributed by atoms with E-state index in [0.29, 0.717) is 17.2 Å². The van der Waals surface area contributed by atoms with E-state index in [4.69, 9.17) is 16.3 Å². The number of aliphatic carboxylic acids is 1. The first-order valence-electron chi connectivity index (χ1n) is 6.44. The first kappa shape index (κ1) is 17.0. The number of halogens is 1. The number of hydrogen-bond donors (Lipinski definition) is 1. The van der Waals surface area contributed by atoms with Crippen LogP contribution in [0.25, 0.3) is 0 Å². The molecule has 114 valence electrons. The van der Waals surface area contributed by atoms with Gasteiger partial charge in [-0.25, -0.2) is 4.79 Å². The topological polar surface area (TPSA) is 66.8 Å². The fraction of sp³-hybridized carbons (Fsp3) is 0.333. The molecule has 6 heteroatoms. The number of allylic oxidation sites excluding steroid dienone is 1. The van der Waals surface area contributed by atoms with Crippen LogP contribution in [0.5, 0.6) is 5.75 Å². The molecule has 0 radical (unpaired) electrons. The fourth-order valence-electron chi connectivity index (χ4n) is 1.65. The average molecular weight is 312 g/mol. The van der Waals surface area contributed by atoms with Crippen LogP contribution in [0.4, 0.5) is 0 Å². The summed E-state index contributed by atoms with van der Waals surface area (Å²) < 4.78 is 5.41. The summed E-state index contributed by atoms with van der Waals surface area (Å²) in [5, 5.41) is 9.63. The van der Waals surface area contributed by atoms with E-state index in [0.717, 1.165) is 0 Å². The number of benzene rings is 1. The molecule has 0 aliphatic rings. The number of hydrogen-bond acceptors (Lipinski definition) is 3. The maximum atomic E-state index is 11.9. The highest BCUT2D eigenvalue weighted by molar-refractivity contribution is 6.32. The minimum atomic E-state index is -1.13. The Kier molecular flexibility index (Phi) is 6.75. The van der Waals surface area contributed by atoms with Crippen LogP contribution < -0.4 is 4.74 Å². The highest BCUT2D eigenvalue weighted by Crippen LogP contribution is 2.23. The zero-order chi connectivity index (χ0) is 15.8. The normalized spacial score (nSPS) is 11.5. The number of carboxylic acids is 1. The first-order valence-corrected chi connectivity index (χ1v) is 6.81. The summed E-state index contributed by atoms with van der Waals surface area (Å²) in [5.74, 6) is -1.01. The second-order valence-electron chi connectivity index (χ2n) is 4.43. The molecule has 1 unspecified atom stereocenters. The van der Waals surface area contributed by atoms with Gasteiger partial charge < -0.3 is 14.7 Å². The first-order chi connectivity index (χ1) is 9.97. The van der Waals surface area contributed by atoms with Crippen LogP contribution in [0.15, 0.2) is 36.9 Å². The van der Waals surface area contributed by atoms with Crippen LogP contribution >= 0.6 is 11.6 Å². The summed E-state index contributed by atoms with van der Waals surface area (Å²) in [6, 6.07) is 5.69. The van der Waals surface area contributed by atoms with Crippen molar-refractivity contribution in [3.8, 4) is 5.75 Å². The number of carboxylic acid groups (broad SMARTS) is 1. The number of amides is 1. The molecule has 0 saturated heterocycles. The molecular formula is C15H18ClNO4. The summed E-state index contributed by atoms with van der Waals surface area (Å²) in [6.45, 7) is 3.36. The molecule has 0 heterocycles. The van der Waals surface area contributed by atoms with E-state index in [2.05, 4.69) is 6.58 Å². The lowest BCUT2D eigenvalue weighted by atomic mass is 10.2. The van der Waals surface area contributed by atoms with E-state index in [1.807, 2.05) is 0 Å². The molecular weight excluding hydrogens is 294 g/mol. The lowest BCUT2D eigenvalue weighted by molar-refractivity contribution is -0.150. The van der Waals surface area contributed by atoms with Crippen LogP contribution in [0.1, 0.15) is 12.8 Å². The Balaban J connectivity index is 2.69. The van der Waals surface area contributed by atoms with E-state index in [1.165, 1.54) is 11.9 Å². The van der Waals surface area contributed by atoms with Crippen molar-refractivity contribution >= 4 is 23.5 Å². The molecule has 0 fully saturated rings. The molecule has 1 aromatic carbocycles. The second-order valence-corrected chi connectivity index (χ2v) is 4.83. The number of para-hydroxylation sites is 1. The second kappa shape index (κ2) is 8.32. The van der Waals surface area contributed by atoms with E-state index in [-0.39, 0.29) is 18.9 Å². The van der Waals surface area contributed by atoms with Gasteiger partial charge in [-0.05, 0) is 18.6 Å². The van der Waals surface area contributed by atoms with Crippen molar-refractivity contribution in [2.24, 2.45) is 0 Å². The molecule has 0 aromatic heterocycles. The van der Waals surface area contributed by atoms with E-state index in [9.17, 15) is 14.7 Å². The van der Waals surface area contributed by atoms with Crippen LogP contribution in [0, 0.1) is 0 Å². The number of carbonyl (C=O) groups is 2. The molecule has 0 bridgehead atoms. The van der Waals surface area contributed by atoms with Gasteiger partial charge >= 0.3 is 5.97 Å². The SMILES string of the molecule is C=CCCC(=O)N(C)C(COc1ccccc1Cl)C(=O)O. The van der Waals surface area contributed by atoms with Gasteiger partial charge in [0.2, 0.25) is 5.91 Å². The summed E-state index contributed by atoms with van der Waals surface area (Å²) in [4.78, 5) is 24.3. The molecule has 5 nitrogen and oxygen atoms in total. The Bertz CT molecular complexity index is 518. The van der Waals surface area contributed by atoms with Gasteiger partial charge in [-0.1, -0.05) is 29.8 Å². The third-order valence-corrected chi connectivity index (χ3v) is 3.25. The lowest BCUT2D eigenvalue weighted by Gasteiger charge is -2.25. The summed E-state index contributed by atoms with van der Waals surface area (Å²) >= 11 is 5.93. The minimum Gasteiger partial charge on any atom is -0.489 e. The molecule has 1 atom stereocenters. The van der Waals surface area contributed by atoms with Crippen LogP contribution in [0.2, 0.25) is 5.02 Å². The van der Waals surface area contributed by atoms with Gasteiger partial charge in [-0.3, -0.25) is 4.79 Å². The van der Waals surface area contributed by atoms with Gasteiger partial charge in [0.15, 0.2) is 6.04 Å². The number of nitrogens with zero attached hydrogens (tertiary/aromatic N) is 1. The Hall–Kier alpha value is -2.01. The minimum absolute atomic E-state index is 0.171. The predicted molar refractivity (Wildman–Crippen MR) is 80.6 cm³/mol. The molecule has 1 rings (SSSR count). The van der Waals surface area contributed by atoms with Gasteiger partial charge in [0, 0.05) is 13.5 Å². The largest absolute Gasteiger partial charge is 0.489 e. The van der Waals surface area contributed by atoms with Crippen LogP contribution in [0.3, 0.4) is 0 Å². The quantitative estimate of drug-likeness (QED) is 0.749. The number of rotatable bonds is 8. The number of carbonyl (C=O) groups excluding carboxylic acids is 1. The lowest BCUT2D eigenvalue weighted by Crippen LogP contribution is -2.46. The highest BCUT2D eigenvalue weighted by Gasteiger charge is 2.27. The van der Waals surface area contributed by atoms with Gasteiger partial charge in [-0.2, -0.15) is 0 Å². The Morgan fingerprint density at radius 2 is 2.14 bits per heavy atom. The van der Waals surface area contributed by atoms with E-state index in [1.54, 1.807) is 30.3 Å². The number of likely N-dealkylation sites (N-methyl/N-ethyl adjacent to an activating group) is 1. The van der Waals surface area contributed by atoms with Crippen molar-refractivity contribution in [2.75, 3.05) is 13.7 Å². The third-order valence-electron chi connectivity index (χ3n) is 2.94. The van der Waals surface area contributed by atoms with Crippen molar-refractivity contribution in [3.05, 3.63) is 41.9 Å². The maximum absolute atomic E-state index is 11.9. The smallest absolute Gasteiger partial charge is 0.330 e. The molecule has 0 aliphatic carbocycles. The van der Waals surface area contributed by atoms with Crippen LogP contribution in [-0.2, 0) is 9.59 Å². The number of ether oxygens (including phenoxy) is 1. The Morgan fingerprint density at radius 1 is 1.48 bits per heavy atom. The summed E-state index contributed by atoms with van der Waals surface area (Å²) in [6.07, 6.45) is 2.33. The molecule has 0 spiro atoms. The zero-order valence-electron chi connectivity index (χ0n) is 11.8. The van der Waals surface area contributed by atoms with Gasteiger partial charge in [-0.15, -0.1) is 6.58 Å². The Labute approximate surface area is 128 Å². The van der Waals surface area contributed by atoms with Crippen molar-refractivity contribution in [1.29, 1.82) is 0 Å². The monoisotopic (exact) mass is 311 g/mol.